The van der Waals surface area contributed by atoms with E-state index in [9.17, 15) is 8.78 Å². The lowest BCUT2D eigenvalue weighted by Crippen LogP contribution is -2.12. The minimum absolute atomic E-state index is 0.253. The van der Waals surface area contributed by atoms with Crippen LogP contribution in [0.25, 0.3) is 0 Å². The molecule has 0 amide bonds. The minimum Gasteiger partial charge on any atom is -0.324 e. The zero-order valence-corrected chi connectivity index (χ0v) is 6.65. The summed E-state index contributed by atoms with van der Waals surface area (Å²) in [5, 5.41) is 3.63. The van der Waals surface area contributed by atoms with E-state index in [1.807, 2.05) is 5.38 Å². The van der Waals surface area contributed by atoms with Gasteiger partial charge in [-0.15, -0.1) is 0 Å². The van der Waals surface area contributed by atoms with Crippen molar-refractivity contribution in [2.45, 2.75) is 18.9 Å². The van der Waals surface area contributed by atoms with Crippen LogP contribution in [0.5, 0.6) is 0 Å². The van der Waals surface area contributed by atoms with Gasteiger partial charge in [0.2, 0.25) is 6.43 Å². The van der Waals surface area contributed by atoms with Gasteiger partial charge < -0.3 is 5.73 Å². The highest BCUT2D eigenvalue weighted by molar-refractivity contribution is 7.07. The summed E-state index contributed by atoms with van der Waals surface area (Å²) < 4.78 is 23.6. The molecule has 0 bridgehead atoms. The molecule has 0 unspecified atom stereocenters. The van der Waals surface area contributed by atoms with Crippen LogP contribution in [0.15, 0.2) is 16.8 Å². The van der Waals surface area contributed by atoms with Crippen LogP contribution in [-0.4, -0.2) is 6.43 Å². The molecule has 1 aromatic heterocycles. The van der Waals surface area contributed by atoms with E-state index in [-0.39, 0.29) is 6.42 Å². The molecule has 1 heterocycles. The molecule has 1 atom stereocenters. The average molecular weight is 177 g/mol. The van der Waals surface area contributed by atoms with Gasteiger partial charge in [-0.05, 0) is 22.4 Å². The summed E-state index contributed by atoms with van der Waals surface area (Å²) in [6.45, 7) is 0. The van der Waals surface area contributed by atoms with E-state index in [1.165, 1.54) is 11.3 Å². The average Bonchev–Trinajstić information content (AvgIpc) is 2.35. The zero-order valence-electron chi connectivity index (χ0n) is 5.84. The molecule has 1 nitrogen and oxygen atoms in total. The van der Waals surface area contributed by atoms with Gasteiger partial charge in [-0.3, -0.25) is 0 Å². The van der Waals surface area contributed by atoms with Crippen LogP contribution in [-0.2, 0) is 0 Å². The Bertz CT molecular complexity index is 198. The van der Waals surface area contributed by atoms with Crippen LogP contribution in [0.4, 0.5) is 8.78 Å². The van der Waals surface area contributed by atoms with Crippen LogP contribution >= 0.6 is 11.3 Å². The Labute approximate surface area is 67.8 Å². The standard InChI is InChI=1S/C7H9F2NS/c8-7(9)3-6(10)5-1-2-11-4-5/h1-2,4,6-7H,3,10H2/t6-/m1/s1. The first kappa shape index (κ1) is 8.62. The maximum Gasteiger partial charge on any atom is 0.240 e. The third-order valence-corrected chi connectivity index (χ3v) is 2.10. The highest BCUT2D eigenvalue weighted by Crippen LogP contribution is 2.19. The summed E-state index contributed by atoms with van der Waals surface area (Å²) in [4.78, 5) is 0. The molecule has 1 rings (SSSR count). The van der Waals surface area contributed by atoms with Gasteiger partial charge in [0.1, 0.15) is 0 Å². The summed E-state index contributed by atoms with van der Waals surface area (Å²) in [6.07, 6.45) is -2.57. The zero-order chi connectivity index (χ0) is 8.27. The van der Waals surface area contributed by atoms with Crippen molar-refractivity contribution in [1.29, 1.82) is 0 Å². The number of alkyl halides is 2. The Balaban J connectivity index is 2.49. The number of hydrogen-bond donors (Lipinski definition) is 1. The SMILES string of the molecule is N[C@H](CC(F)F)c1ccsc1. The second-order valence-electron chi connectivity index (χ2n) is 2.29. The highest BCUT2D eigenvalue weighted by atomic mass is 32.1. The van der Waals surface area contributed by atoms with E-state index in [1.54, 1.807) is 11.4 Å². The Kier molecular flexibility index (Phi) is 2.96. The first-order chi connectivity index (χ1) is 5.20. The van der Waals surface area contributed by atoms with E-state index >= 15 is 0 Å². The molecule has 11 heavy (non-hydrogen) atoms. The molecule has 0 aliphatic rings. The predicted molar refractivity (Wildman–Crippen MR) is 41.9 cm³/mol. The van der Waals surface area contributed by atoms with Crippen molar-refractivity contribution < 1.29 is 8.78 Å². The van der Waals surface area contributed by atoms with Gasteiger partial charge in [-0.1, -0.05) is 0 Å². The molecule has 0 saturated carbocycles. The Morgan fingerprint density at radius 1 is 1.55 bits per heavy atom. The number of hydrogen-bond acceptors (Lipinski definition) is 2. The van der Waals surface area contributed by atoms with Crippen LogP contribution < -0.4 is 5.73 Å². The molecule has 0 spiro atoms. The predicted octanol–water partition coefficient (Wildman–Crippen LogP) is 2.40. The number of rotatable bonds is 3. The van der Waals surface area contributed by atoms with Gasteiger partial charge in [0.05, 0.1) is 0 Å². The van der Waals surface area contributed by atoms with Crippen LogP contribution in [0.2, 0.25) is 0 Å². The third kappa shape index (κ3) is 2.55. The minimum atomic E-state index is -2.31. The fourth-order valence-electron chi connectivity index (χ4n) is 0.814. The Morgan fingerprint density at radius 2 is 2.27 bits per heavy atom. The monoisotopic (exact) mass is 177 g/mol. The molecule has 4 heteroatoms. The fraction of sp³-hybridized carbons (Fsp3) is 0.429. The molecular weight excluding hydrogens is 168 g/mol. The number of thiophene rings is 1. The van der Waals surface area contributed by atoms with Gasteiger partial charge in [-0.2, -0.15) is 11.3 Å². The molecular formula is C7H9F2NS. The van der Waals surface area contributed by atoms with Crippen LogP contribution in [0.1, 0.15) is 18.0 Å². The second-order valence-corrected chi connectivity index (χ2v) is 3.07. The van der Waals surface area contributed by atoms with Gasteiger partial charge in [-0.25, -0.2) is 8.78 Å². The molecule has 2 N–H and O–H groups in total. The summed E-state index contributed by atoms with van der Waals surface area (Å²) in [6, 6.07) is 1.26. The Morgan fingerprint density at radius 3 is 2.73 bits per heavy atom. The maximum absolute atomic E-state index is 11.8. The van der Waals surface area contributed by atoms with Crippen LogP contribution in [0.3, 0.4) is 0 Å². The van der Waals surface area contributed by atoms with Crippen molar-refractivity contribution >= 4 is 11.3 Å². The molecule has 0 aliphatic carbocycles. The van der Waals surface area contributed by atoms with Gasteiger partial charge >= 0.3 is 0 Å². The van der Waals surface area contributed by atoms with Crippen molar-refractivity contribution in [3.05, 3.63) is 22.4 Å². The lowest BCUT2D eigenvalue weighted by atomic mass is 10.1. The third-order valence-electron chi connectivity index (χ3n) is 1.40. The van der Waals surface area contributed by atoms with Crippen molar-refractivity contribution in [3.63, 3.8) is 0 Å². The molecule has 0 saturated heterocycles. The van der Waals surface area contributed by atoms with Crippen molar-refractivity contribution in [2.24, 2.45) is 5.73 Å². The molecule has 1 aromatic rings. The largest absolute Gasteiger partial charge is 0.324 e. The summed E-state index contributed by atoms with van der Waals surface area (Å²) >= 11 is 1.47. The van der Waals surface area contributed by atoms with E-state index in [0.717, 1.165) is 5.56 Å². The van der Waals surface area contributed by atoms with Gasteiger partial charge in [0, 0.05) is 12.5 Å². The first-order valence-corrected chi connectivity index (χ1v) is 4.20. The quantitative estimate of drug-likeness (QED) is 0.753. The lowest BCUT2D eigenvalue weighted by molar-refractivity contribution is 0.128. The number of halogens is 2. The fourth-order valence-corrected chi connectivity index (χ4v) is 1.54. The topological polar surface area (TPSA) is 26.0 Å². The molecule has 0 aliphatic heterocycles. The maximum atomic E-state index is 11.8. The molecule has 62 valence electrons. The lowest BCUT2D eigenvalue weighted by Gasteiger charge is -2.07. The second kappa shape index (κ2) is 3.78. The Hall–Kier alpha value is -0.480. The van der Waals surface area contributed by atoms with E-state index in [0.29, 0.717) is 0 Å². The first-order valence-electron chi connectivity index (χ1n) is 3.26. The van der Waals surface area contributed by atoms with E-state index in [2.05, 4.69) is 0 Å². The van der Waals surface area contributed by atoms with E-state index < -0.39 is 12.5 Å². The number of nitrogens with two attached hydrogens (primary N) is 1. The summed E-state index contributed by atoms with van der Waals surface area (Å²) in [7, 11) is 0. The van der Waals surface area contributed by atoms with Crippen molar-refractivity contribution in [2.75, 3.05) is 0 Å². The van der Waals surface area contributed by atoms with Crippen molar-refractivity contribution in [1.82, 2.24) is 0 Å². The van der Waals surface area contributed by atoms with Crippen molar-refractivity contribution in [3.8, 4) is 0 Å². The molecule has 0 radical (unpaired) electrons. The smallest absolute Gasteiger partial charge is 0.240 e. The molecule has 0 fully saturated rings. The summed E-state index contributed by atoms with van der Waals surface area (Å²) in [5.41, 5.74) is 6.27. The highest BCUT2D eigenvalue weighted by Gasteiger charge is 2.12. The van der Waals surface area contributed by atoms with Crippen LogP contribution in [0, 0.1) is 0 Å². The van der Waals surface area contributed by atoms with E-state index in [4.69, 9.17) is 5.73 Å². The molecule has 0 aromatic carbocycles. The normalized spacial score (nSPS) is 13.8. The summed E-state index contributed by atoms with van der Waals surface area (Å²) in [5.74, 6) is 0. The van der Waals surface area contributed by atoms with Gasteiger partial charge in [0.25, 0.3) is 0 Å². The van der Waals surface area contributed by atoms with Gasteiger partial charge in [0.15, 0.2) is 0 Å².